The fraction of sp³-hybridized carbons (Fsp3) is 0.214. The lowest BCUT2D eigenvalue weighted by molar-refractivity contribution is 0.309. The zero-order chi connectivity index (χ0) is 24.8. The zero-order valence-corrected chi connectivity index (χ0v) is 23.0. The minimum atomic E-state index is -0.131. The van der Waals surface area contributed by atoms with E-state index in [0.717, 1.165) is 38.3 Å². The standard InChI is InChI=1S/C28H23BrN2O3S2/c1-3-34-26-20(29)13-16(14-21(26)33-2)15-23-27(32)31-25(22-9-6-12-35-22)19-11-10-17-7-4-5-8-18(17)24(19)30-28(31)36-23/h4-9,12-15,25H,3,10-11H2,1-2H3/b23-15+. The van der Waals surface area contributed by atoms with Gasteiger partial charge in [0, 0.05) is 10.4 Å². The van der Waals surface area contributed by atoms with Crippen LogP contribution in [-0.4, -0.2) is 18.3 Å². The molecule has 1 aliphatic carbocycles. The molecule has 0 saturated heterocycles. The molecule has 0 amide bonds. The Morgan fingerprint density at radius 2 is 2.06 bits per heavy atom. The highest BCUT2D eigenvalue weighted by atomic mass is 79.9. The summed E-state index contributed by atoms with van der Waals surface area (Å²) < 4.78 is 14.6. The van der Waals surface area contributed by atoms with E-state index in [1.807, 2.05) is 29.7 Å². The van der Waals surface area contributed by atoms with Gasteiger partial charge in [0.2, 0.25) is 0 Å². The minimum absolute atomic E-state index is 0.0217. The van der Waals surface area contributed by atoms with E-state index >= 15 is 0 Å². The van der Waals surface area contributed by atoms with Gasteiger partial charge in [0.15, 0.2) is 16.3 Å². The third-order valence-electron chi connectivity index (χ3n) is 6.52. The summed E-state index contributed by atoms with van der Waals surface area (Å²) in [6.07, 6.45) is 3.76. The van der Waals surface area contributed by atoms with Crippen molar-refractivity contribution in [2.24, 2.45) is 4.99 Å². The second kappa shape index (κ2) is 9.50. The number of rotatable bonds is 5. The van der Waals surface area contributed by atoms with E-state index in [-0.39, 0.29) is 11.6 Å². The summed E-state index contributed by atoms with van der Waals surface area (Å²) in [7, 11) is 1.62. The summed E-state index contributed by atoms with van der Waals surface area (Å²) in [6.45, 7) is 2.46. The Hall–Kier alpha value is -2.94. The van der Waals surface area contributed by atoms with Crippen molar-refractivity contribution in [3.63, 3.8) is 0 Å². The molecule has 2 aromatic heterocycles. The molecule has 0 bridgehead atoms. The van der Waals surface area contributed by atoms with Crippen LogP contribution in [0.4, 0.5) is 0 Å². The van der Waals surface area contributed by atoms with E-state index < -0.39 is 0 Å². The zero-order valence-electron chi connectivity index (χ0n) is 19.8. The number of hydrogen-bond acceptors (Lipinski definition) is 6. The lowest BCUT2D eigenvalue weighted by Gasteiger charge is -2.30. The topological polar surface area (TPSA) is 52.8 Å². The van der Waals surface area contributed by atoms with Gasteiger partial charge < -0.3 is 9.47 Å². The highest BCUT2D eigenvalue weighted by Crippen LogP contribution is 2.42. The molecule has 0 fully saturated rings. The van der Waals surface area contributed by atoms with Crippen LogP contribution in [0.3, 0.4) is 0 Å². The number of ether oxygens (including phenoxy) is 2. The van der Waals surface area contributed by atoms with E-state index in [2.05, 4.69) is 57.7 Å². The predicted molar refractivity (Wildman–Crippen MR) is 149 cm³/mol. The van der Waals surface area contributed by atoms with Crippen LogP contribution in [0.1, 0.15) is 41.0 Å². The van der Waals surface area contributed by atoms with Crippen molar-refractivity contribution in [1.82, 2.24) is 4.57 Å². The number of aromatic nitrogens is 1. The van der Waals surface area contributed by atoms with E-state index in [9.17, 15) is 4.79 Å². The Morgan fingerprint density at radius 1 is 1.19 bits per heavy atom. The normalized spacial score (nSPS) is 16.8. The minimum Gasteiger partial charge on any atom is -0.493 e. The van der Waals surface area contributed by atoms with E-state index in [1.54, 1.807) is 18.4 Å². The number of benzene rings is 2. The summed E-state index contributed by atoms with van der Waals surface area (Å²) in [5.41, 5.74) is 5.57. The molecule has 0 radical (unpaired) electrons. The second-order valence-electron chi connectivity index (χ2n) is 8.60. The molecule has 4 aromatic rings. The lowest BCUT2D eigenvalue weighted by atomic mass is 9.85. The molecular weight excluding hydrogens is 556 g/mol. The molecule has 182 valence electrons. The summed E-state index contributed by atoms with van der Waals surface area (Å²) >= 11 is 6.71. The summed E-state index contributed by atoms with van der Waals surface area (Å²) in [5, 5.41) is 2.08. The first-order valence-corrected chi connectivity index (χ1v) is 14.2. The molecule has 6 rings (SSSR count). The maximum Gasteiger partial charge on any atom is 0.271 e. The smallest absolute Gasteiger partial charge is 0.271 e. The third-order valence-corrected chi connectivity index (χ3v) is 9.02. The third kappa shape index (κ3) is 3.88. The Bertz CT molecular complexity index is 1680. The van der Waals surface area contributed by atoms with Crippen LogP contribution in [0.2, 0.25) is 0 Å². The molecule has 36 heavy (non-hydrogen) atoms. The average molecular weight is 580 g/mol. The van der Waals surface area contributed by atoms with Crippen LogP contribution in [0.15, 0.2) is 73.7 Å². The van der Waals surface area contributed by atoms with Crippen molar-refractivity contribution in [1.29, 1.82) is 0 Å². The van der Waals surface area contributed by atoms with Crippen molar-refractivity contribution >= 4 is 50.4 Å². The molecule has 2 aromatic carbocycles. The number of thiazole rings is 1. The molecule has 0 spiro atoms. The van der Waals surface area contributed by atoms with Crippen LogP contribution in [0.25, 0.3) is 11.8 Å². The number of halogens is 1. The summed E-state index contributed by atoms with van der Waals surface area (Å²) in [6, 6.07) is 16.4. The highest BCUT2D eigenvalue weighted by molar-refractivity contribution is 9.10. The quantitative estimate of drug-likeness (QED) is 0.312. The summed E-state index contributed by atoms with van der Waals surface area (Å²) in [4.78, 5) is 20.8. The van der Waals surface area contributed by atoms with Crippen molar-refractivity contribution < 1.29 is 9.47 Å². The number of hydrogen-bond donors (Lipinski definition) is 0. The number of methoxy groups -OCH3 is 1. The molecule has 5 nitrogen and oxygen atoms in total. The fourth-order valence-electron chi connectivity index (χ4n) is 4.98. The SMILES string of the molecule is CCOc1c(Br)cc(/C=c2/sc3n(c2=O)C(c2cccs2)C2=C(N=3)c3ccccc3CC2)cc1OC. The Balaban J connectivity index is 1.56. The van der Waals surface area contributed by atoms with Gasteiger partial charge in [-0.1, -0.05) is 41.7 Å². The molecule has 3 heterocycles. The van der Waals surface area contributed by atoms with Gasteiger partial charge in [-0.25, -0.2) is 4.99 Å². The van der Waals surface area contributed by atoms with Crippen molar-refractivity contribution in [2.75, 3.05) is 13.7 Å². The monoisotopic (exact) mass is 578 g/mol. The van der Waals surface area contributed by atoms with Crippen LogP contribution in [-0.2, 0) is 6.42 Å². The largest absolute Gasteiger partial charge is 0.493 e. The van der Waals surface area contributed by atoms with Gasteiger partial charge in [-0.2, -0.15) is 0 Å². The highest BCUT2D eigenvalue weighted by Gasteiger charge is 2.33. The number of allylic oxidation sites excluding steroid dienone is 1. The number of nitrogens with zero attached hydrogens (tertiary/aromatic N) is 2. The Morgan fingerprint density at radius 3 is 2.83 bits per heavy atom. The molecule has 1 aliphatic heterocycles. The maximum atomic E-state index is 13.8. The van der Waals surface area contributed by atoms with Gasteiger partial charge in [-0.3, -0.25) is 9.36 Å². The van der Waals surface area contributed by atoms with Gasteiger partial charge in [-0.15, -0.1) is 11.3 Å². The molecule has 1 atom stereocenters. The Kier molecular flexibility index (Phi) is 6.19. The van der Waals surface area contributed by atoms with E-state index in [1.165, 1.54) is 28.0 Å². The van der Waals surface area contributed by atoms with Gasteiger partial charge in [0.25, 0.3) is 5.56 Å². The molecule has 2 aliphatic rings. The fourth-order valence-corrected chi connectivity index (χ4v) is 7.40. The number of fused-ring (bicyclic) bond motifs is 3. The number of aryl methyl sites for hydroxylation is 1. The first kappa shape index (κ1) is 23.5. The van der Waals surface area contributed by atoms with Crippen LogP contribution >= 0.6 is 38.6 Å². The number of thiophene rings is 1. The maximum absolute atomic E-state index is 13.8. The average Bonchev–Trinajstić information content (AvgIpc) is 3.53. The van der Waals surface area contributed by atoms with Gasteiger partial charge in [0.05, 0.1) is 34.5 Å². The first-order chi connectivity index (χ1) is 17.6. The predicted octanol–water partition coefficient (Wildman–Crippen LogP) is 5.55. The van der Waals surface area contributed by atoms with E-state index in [0.29, 0.717) is 22.6 Å². The molecule has 0 N–H and O–H groups in total. The van der Waals surface area contributed by atoms with Crippen molar-refractivity contribution in [2.45, 2.75) is 25.8 Å². The van der Waals surface area contributed by atoms with Crippen molar-refractivity contribution in [3.05, 3.63) is 105 Å². The molecule has 0 saturated carbocycles. The lowest BCUT2D eigenvalue weighted by Crippen LogP contribution is -2.38. The van der Waals surface area contributed by atoms with Gasteiger partial charge in [0.1, 0.15) is 0 Å². The van der Waals surface area contributed by atoms with Gasteiger partial charge in [-0.05, 0) is 82.1 Å². The Labute approximate surface area is 224 Å². The van der Waals surface area contributed by atoms with Crippen LogP contribution < -0.4 is 24.4 Å². The van der Waals surface area contributed by atoms with Crippen LogP contribution in [0.5, 0.6) is 11.5 Å². The van der Waals surface area contributed by atoms with Crippen molar-refractivity contribution in [3.8, 4) is 11.5 Å². The summed E-state index contributed by atoms with van der Waals surface area (Å²) in [5.74, 6) is 1.27. The first-order valence-electron chi connectivity index (χ1n) is 11.8. The molecule has 8 heteroatoms. The molecule has 1 unspecified atom stereocenters. The van der Waals surface area contributed by atoms with Crippen LogP contribution in [0, 0.1) is 0 Å². The van der Waals surface area contributed by atoms with E-state index in [4.69, 9.17) is 14.5 Å². The second-order valence-corrected chi connectivity index (χ2v) is 11.4. The van der Waals surface area contributed by atoms with Gasteiger partial charge >= 0.3 is 0 Å². The molecular formula is C28H23BrN2O3S2.